The number of rotatable bonds is 4. The van der Waals surface area contributed by atoms with E-state index in [2.05, 4.69) is 31.2 Å². The molecular formula is C25H43F2N9O2. The molecule has 6 heterocycles. The number of hydrazine groups is 1. The highest BCUT2D eigenvalue weighted by atomic mass is 19.1. The molecule has 0 aliphatic carbocycles. The number of nitrogens with zero attached hydrogens (tertiary/aromatic N) is 4. The fourth-order valence-corrected chi connectivity index (χ4v) is 7.68. The zero-order valence-corrected chi connectivity index (χ0v) is 22.0. The number of nitrogens with one attached hydrogen (secondary N) is 4. The van der Waals surface area contributed by atoms with Gasteiger partial charge in [0.1, 0.15) is 12.3 Å². The summed E-state index contributed by atoms with van der Waals surface area (Å²) < 4.78 is 29.1. The van der Waals surface area contributed by atoms with Gasteiger partial charge in [0.15, 0.2) is 0 Å². The largest absolute Gasteiger partial charge is 0.350 e. The Labute approximate surface area is 223 Å². The van der Waals surface area contributed by atoms with Crippen LogP contribution in [0.15, 0.2) is 0 Å². The number of hydrogen-bond acceptors (Lipinski definition) is 9. The van der Waals surface area contributed by atoms with Crippen molar-refractivity contribution in [3.63, 3.8) is 0 Å². The quantitative estimate of drug-likeness (QED) is 0.271. The number of nitrogens with two attached hydrogens (primary N) is 1. The molecule has 9 unspecified atom stereocenters. The van der Waals surface area contributed by atoms with Crippen molar-refractivity contribution in [2.45, 2.75) is 68.5 Å². The van der Waals surface area contributed by atoms with E-state index in [1.54, 1.807) is 5.01 Å². The summed E-state index contributed by atoms with van der Waals surface area (Å²) in [6.45, 7) is 5.34. The van der Waals surface area contributed by atoms with E-state index in [4.69, 9.17) is 5.73 Å². The van der Waals surface area contributed by atoms with Gasteiger partial charge < -0.3 is 21.3 Å². The average Bonchev–Trinajstić information content (AvgIpc) is 3.48. The number of carbonyl (C=O) groups is 2. The summed E-state index contributed by atoms with van der Waals surface area (Å²) in [7, 11) is 0. The number of amides is 2. The molecule has 6 aliphatic rings. The van der Waals surface area contributed by atoms with Gasteiger partial charge in [0.25, 0.3) is 0 Å². The minimum absolute atomic E-state index is 0.0781. The maximum absolute atomic E-state index is 15.3. The van der Waals surface area contributed by atoms with Crippen LogP contribution in [0.4, 0.5) is 8.78 Å². The molecule has 214 valence electrons. The zero-order valence-electron chi connectivity index (χ0n) is 22.0. The van der Waals surface area contributed by atoms with Crippen LogP contribution in [0.3, 0.4) is 0 Å². The molecule has 0 bridgehead atoms. The van der Waals surface area contributed by atoms with Crippen molar-refractivity contribution in [2.24, 2.45) is 17.6 Å². The molecule has 0 aromatic heterocycles. The van der Waals surface area contributed by atoms with Crippen LogP contribution in [0.25, 0.3) is 0 Å². The lowest BCUT2D eigenvalue weighted by Gasteiger charge is -2.46. The Morgan fingerprint density at radius 2 is 1.76 bits per heavy atom. The molecule has 0 radical (unpaired) electrons. The molecule has 13 heteroatoms. The van der Waals surface area contributed by atoms with E-state index < -0.39 is 42.7 Å². The maximum Gasteiger partial charge on any atom is 0.229 e. The first kappa shape index (κ1) is 26.7. The predicted molar refractivity (Wildman–Crippen MR) is 137 cm³/mol. The van der Waals surface area contributed by atoms with E-state index >= 15 is 4.39 Å². The van der Waals surface area contributed by atoms with Gasteiger partial charge in [-0.1, -0.05) is 6.42 Å². The van der Waals surface area contributed by atoms with Crippen LogP contribution in [0.1, 0.15) is 25.7 Å². The standard InChI is InChI=1S/C25H43F2N9O2/c26-16-10-30-23-20(22(28)32-36(23)14-16)24(37)31-19-12-29-11-18(27)21(19)33-5-7-34(8-6-33)25(38)15-9-17-3-1-2-4-35(17)13-15/h15-23,29-30,32H,1-14,28H2,(H,31,37). The lowest BCUT2D eigenvalue weighted by atomic mass is 9.94. The van der Waals surface area contributed by atoms with Gasteiger partial charge in [0.2, 0.25) is 11.8 Å². The van der Waals surface area contributed by atoms with Gasteiger partial charge in [-0.15, -0.1) is 0 Å². The van der Waals surface area contributed by atoms with E-state index in [0.717, 1.165) is 19.5 Å². The molecular weight excluding hydrogens is 496 g/mol. The van der Waals surface area contributed by atoms with Crippen LogP contribution in [0.2, 0.25) is 0 Å². The first-order valence-electron chi connectivity index (χ1n) is 14.5. The third kappa shape index (κ3) is 5.18. The molecule has 0 aromatic rings. The van der Waals surface area contributed by atoms with Gasteiger partial charge in [0, 0.05) is 64.9 Å². The summed E-state index contributed by atoms with van der Waals surface area (Å²) in [4.78, 5) is 33.2. The first-order chi connectivity index (χ1) is 18.4. The molecule has 9 atom stereocenters. The van der Waals surface area contributed by atoms with E-state index in [1.165, 1.54) is 19.3 Å². The molecule has 0 saturated carbocycles. The Morgan fingerprint density at radius 1 is 0.947 bits per heavy atom. The van der Waals surface area contributed by atoms with Crippen molar-refractivity contribution in [1.82, 2.24) is 41.1 Å². The zero-order chi connectivity index (χ0) is 26.4. The third-order valence-electron chi connectivity index (χ3n) is 9.60. The van der Waals surface area contributed by atoms with Crippen LogP contribution in [-0.2, 0) is 9.59 Å². The monoisotopic (exact) mass is 539 g/mol. The minimum atomic E-state index is -1.14. The summed E-state index contributed by atoms with van der Waals surface area (Å²) in [5, 5.41) is 10.9. The molecule has 0 aromatic carbocycles. The third-order valence-corrected chi connectivity index (χ3v) is 9.60. The normalized spacial score (nSPS) is 43.0. The average molecular weight is 540 g/mol. The summed E-state index contributed by atoms with van der Waals surface area (Å²) in [6.07, 6.45) is 1.41. The van der Waals surface area contributed by atoms with Crippen molar-refractivity contribution in [3.05, 3.63) is 0 Å². The van der Waals surface area contributed by atoms with Crippen molar-refractivity contribution < 1.29 is 18.4 Å². The van der Waals surface area contributed by atoms with E-state index in [-0.39, 0.29) is 37.4 Å². The van der Waals surface area contributed by atoms with Crippen LogP contribution >= 0.6 is 0 Å². The predicted octanol–water partition coefficient (Wildman–Crippen LogP) is -2.21. The fraction of sp³-hybridized carbons (Fsp3) is 0.920. The van der Waals surface area contributed by atoms with E-state index in [1.807, 2.05) is 4.90 Å². The number of halogens is 2. The van der Waals surface area contributed by atoms with Crippen LogP contribution in [-0.4, -0.2) is 140 Å². The van der Waals surface area contributed by atoms with Crippen molar-refractivity contribution >= 4 is 11.8 Å². The number of hydrogen-bond donors (Lipinski definition) is 5. The molecule has 6 rings (SSSR count). The molecule has 0 spiro atoms. The first-order valence-corrected chi connectivity index (χ1v) is 14.5. The number of fused-ring (bicyclic) bond motifs is 2. The van der Waals surface area contributed by atoms with Gasteiger partial charge in [-0.05, 0) is 25.8 Å². The molecule has 6 N–H and O–H groups in total. The van der Waals surface area contributed by atoms with Gasteiger partial charge in [-0.3, -0.25) is 24.7 Å². The Morgan fingerprint density at radius 3 is 2.55 bits per heavy atom. The fourth-order valence-electron chi connectivity index (χ4n) is 7.68. The summed E-state index contributed by atoms with van der Waals surface area (Å²) in [5.41, 5.74) is 9.21. The van der Waals surface area contributed by atoms with Crippen LogP contribution < -0.4 is 27.1 Å². The molecule has 2 amide bonds. The lowest BCUT2D eigenvalue weighted by Crippen LogP contribution is -2.68. The van der Waals surface area contributed by atoms with Gasteiger partial charge >= 0.3 is 0 Å². The minimum Gasteiger partial charge on any atom is -0.350 e. The van der Waals surface area contributed by atoms with Gasteiger partial charge in [-0.2, -0.15) is 0 Å². The number of alkyl halides is 2. The van der Waals surface area contributed by atoms with E-state index in [0.29, 0.717) is 38.8 Å². The van der Waals surface area contributed by atoms with Crippen molar-refractivity contribution in [3.8, 4) is 0 Å². The van der Waals surface area contributed by atoms with Crippen LogP contribution in [0.5, 0.6) is 0 Å². The summed E-state index contributed by atoms with van der Waals surface area (Å²) in [5.74, 6) is -0.564. The Hall–Kier alpha value is -1.48. The van der Waals surface area contributed by atoms with Crippen LogP contribution in [0, 0.1) is 11.8 Å². The Kier molecular flexibility index (Phi) is 7.87. The smallest absolute Gasteiger partial charge is 0.229 e. The highest BCUT2D eigenvalue weighted by molar-refractivity contribution is 5.81. The van der Waals surface area contributed by atoms with Crippen molar-refractivity contribution in [1.29, 1.82) is 0 Å². The lowest BCUT2D eigenvalue weighted by molar-refractivity contribution is -0.137. The Bertz CT molecular complexity index is 864. The number of piperidine rings is 2. The number of piperazine rings is 1. The second-order valence-electron chi connectivity index (χ2n) is 12.0. The SMILES string of the molecule is NC1NN2CC(F)CNC2C1C(=O)NC1CNCC(F)C1N1CCN(C(=O)C2CC3CCCCN3C2)CC1. The van der Waals surface area contributed by atoms with Gasteiger partial charge in [-0.25, -0.2) is 19.2 Å². The molecule has 6 saturated heterocycles. The topological polar surface area (TPSA) is 121 Å². The second-order valence-corrected chi connectivity index (χ2v) is 12.0. The molecule has 6 fully saturated rings. The number of carbonyl (C=O) groups excluding carboxylic acids is 2. The van der Waals surface area contributed by atoms with E-state index in [9.17, 15) is 14.0 Å². The summed E-state index contributed by atoms with van der Waals surface area (Å²) in [6, 6.07) is -0.352. The molecule has 11 nitrogen and oxygen atoms in total. The maximum atomic E-state index is 15.3. The van der Waals surface area contributed by atoms with Crippen molar-refractivity contribution in [2.75, 3.05) is 65.4 Å². The highest BCUT2D eigenvalue weighted by Gasteiger charge is 2.49. The molecule has 6 aliphatic heterocycles. The van der Waals surface area contributed by atoms with Gasteiger partial charge in [0.05, 0.1) is 36.3 Å². The highest BCUT2D eigenvalue weighted by Crippen LogP contribution is 2.32. The molecule has 38 heavy (non-hydrogen) atoms. The second kappa shape index (κ2) is 11.2. The summed E-state index contributed by atoms with van der Waals surface area (Å²) >= 11 is 0. The Balaban J connectivity index is 1.05.